The Bertz CT molecular complexity index is 1790. The van der Waals surface area contributed by atoms with Crippen LogP contribution in [0.3, 0.4) is 0 Å². The van der Waals surface area contributed by atoms with Gasteiger partial charge in [0.05, 0.1) is 17.8 Å². The predicted octanol–water partition coefficient (Wildman–Crippen LogP) is 4.26. The molecule has 6 unspecified atom stereocenters. The van der Waals surface area contributed by atoms with Gasteiger partial charge in [0, 0.05) is 23.3 Å². The van der Waals surface area contributed by atoms with Crippen molar-refractivity contribution in [1.29, 1.82) is 0 Å². The fourth-order valence-electron chi connectivity index (χ4n) is 6.12. The topological polar surface area (TPSA) is 189 Å². The molecule has 2 aromatic heterocycles. The lowest BCUT2D eigenvalue weighted by atomic mass is 9.82. The Morgan fingerprint density at radius 2 is 1.92 bits per heavy atom. The van der Waals surface area contributed by atoms with Gasteiger partial charge in [-0.15, -0.1) is 0 Å². The molecule has 3 aromatic rings. The van der Waals surface area contributed by atoms with Crippen LogP contribution in [0.1, 0.15) is 53.3 Å². The minimum absolute atomic E-state index is 0.0194. The first kappa shape index (κ1) is 36.0. The summed E-state index contributed by atoms with van der Waals surface area (Å²) < 4.78 is 26.4. The number of nitrogens with one attached hydrogen (secondary N) is 2. The van der Waals surface area contributed by atoms with E-state index in [4.69, 9.17) is 24.4 Å². The highest BCUT2D eigenvalue weighted by atomic mass is 28.3. The number of nitrogens with zero attached hydrogens (tertiary/aromatic N) is 3. The maximum Gasteiger partial charge on any atom is 0.408 e. The Morgan fingerprint density at radius 1 is 1.22 bits per heavy atom. The number of aliphatic imine (C=N–C) groups is 1. The van der Waals surface area contributed by atoms with Crippen LogP contribution in [-0.2, 0) is 30.0 Å². The number of aromatic nitrogens is 2. The molecule has 1 radical (unpaired) electrons. The van der Waals surface area contributed by atoms with E-state index in [1.165, 1.54) is 19.3 Å². The summed E-state index contributed by atoms with van der Waals surface area (Å²) in [5, 5.41) is 18.9. The molecule has 14 nitrogen and oxygen atoms in total. The van der Waals surface area contributed by atoms with E-state index in [0.717, 1.165) is 5.56 Å². The first-order chi connectivity index (χ1) is 23.0. The molecule has 1 fully saturated rings. The molecule has 1 amide bonds. The average molecular weight is 694 g/mol. The Balaban J connectivity index is 1.51. The normalized spacial score (nSPS) is 23.0. The molecule has 1 aromatic carbocycles. The van der Waals surface area contributed by atoms with Gasteiger partial charge in [-0.05, 0) is 36.9 Å². The van der Waals surface area contributed by atoms with Crippen LogP contribution in [0.5, 0.6) is 0 Å². The van der Waals surface area contributed by atoms with Crippen LogP contribution in [0.25, 0.3) is 10.8 Å². The van der Waals surface area contributed by atoms with Gasteiger partial charge in [0.15, 0.2) is 12.3 Å². The summed E-state index contributed by atoms with van der Waals surface area (Å²) in [6.45, 7) is 15.0. The average Bonchev–Trinajstić information content (AvgIpc) is 3.48. The van der Waals surface area contributed by atoms with Crippen LogP contribution in [0.2, 0.25) is 13.1 Å². The standard InChI is InChI=1S/C34H45N6O8Si/c1-18(2)24(39-32(43)45-16-19-12-10-9-11-13-19)30(42)47-27-25(26(33(3,4)5)48-49(7)8)46-31(34(27,6)44)40-15-20-21(35)14-22(41)38-28-23(20)29(40)37-17-36-28/h9-15,17-18,24-27,31,44H,16,35H2,1-8H3,(H,39,43)(H,36,37,38,41). The van der Waals surface area contributed by atoms with E-state index in [2.05, 4.69) is 20.6 Å². The van der Waals surface area contributed by atoms with Crippen molar-refractivity contribution in [2.75, 3.05) is 11.1 Å². The van der Waals surface area contributed by atoms with Crippen molar-refractivity contribution in [3.8, 4) is 0 Å². The molecule has 1 saturated heterocycles. The molecule has 2 aliphatic heterocycles. The smallest absolute Gasteiger partial charge is 0.408 e. The number of hydrogen-bond donors (Lipinski definition) is 4. The second-order valence-corrected chi connectivity index (χ2v) is 16.3. The van der Waals surface area contributed by atoms with Gasteiger partial charge >= 0.3 is 12.1 Å². The van der Waals surface area contributed by atoms with Crippen LogP contribution in [0, 0.1) is 11.3 Å². The zero-order valence-corrected chi connectivity index (χ0v) is 30.0. The lowest BCUT2D eigenvalue weighted by Crippen LogP contribution is -2.55. The maximum atomic E-state index is 14.0. The molecule has 15 heteroatoms. The molecular weight excluding hydrogens is 648 g/mol. The van der Waals surface area contributed by atoms with Gasteiger partial charge < -0.3 is 44.7 Å². The lowest BCUT2D eigenvalue weighted by molar-refractivity contribution is -0.171. The van der Waals surface area contributed by atoms with Gasteiger partial charge in [-0.2, -0.15) is 4.98 Å². The van der Waals surface area contributed by atoms with Gasteiger partial charge in [0.2, 0.25) is 9.04 Å². The van der Waals surface area contributed by atoms with E-state index in [1.807, 2.05) is 64.2 Å². The fraction of sp³-hybridized carbons (Fsp3) is 0.500. The SMILES string of the molecule is CC(C)C(NC(=O)OCc1ccccc1)C(=O)OC1C(C(O[Si](C)C)C(C)(C)C)OC(n2cc3c(N)cc(=O)nc4c3c2N=CN4)C1(C)O. The predicted molar refractivity (Wildman–Crippen MR) is 187 cm³/mol. The second-order valence-electron chi connectivity index (χ2n) is 14.2. The van der Waals surface area contributed by atoms with Gasteiger partial charge in [-0.3, -0.25) is 4.79 Å². The largest absolute Gasteiger partial charge is 0.455 e. The van der Waals surface area contributed by atoms with Crippen molar-refractivity contribution in [2.45, 2.75) is 97.4 Å². The van der Waals surface area contributed by atoms with E-state index < -0.39 is 74.2 Å². The quantitative estimate of drug-likeness (QED) is 0.175. The molecule has 263 valence electrons. The highest BCUT2D eigenvalue weighted by Gasteiger charge is 2.60. The third kappa shape index (κ3) is 7.49. The number of hydrogen-bond acceptors (Lipinski definition) is 12. The zero-order chi connectivity index (χ0) is 35.8. The third-order valence-electron chi connectivity index (χ3n) is 8.52. The number of benzene rings is 1. The Hall–Kier alpha value is -4.31. The van der Waals surface area contributed by atoms with E-state index in [1.54, 1.807) is 24.6 Å². The molecule has 0 aliphatic carbocycles. The van der Waals surface area contributed by atoms with Crippen LogP contribution >= 0.6 is 0 Å². The van der Waals surface area contributed by atoms with Crippen molar-refractivity contribution in [2.24, 2.45) is 16.3 Å². The number of rotatable bonds is 10. The summed E-state index contributed by atoms with van der Waals surface area (Å²) in [6.07, 6.45) is -1.76. The van der Waals surface area contributed by atoms with E-state index >= 15 is 0 Å². The summed E-state index contributed by atoms with van der Waals surface area (Å²) in [5.41, 5.74) is 4.35. The van der Waals surface area contributed by atoms with Crippen molar-refractivity contribution >= 4 is 55.5 Å². The number of carbonyl (C=O) groups is 2. The van der Waals surface area contributed by atoms with Crippen molar-refractivity contribution in [3.05, 3.63) is 58.5 Å². The minimum atomic E-state index is -1.86. The van der Waals surface area contributed by atoms with Crippen LogP contribution in [0.15, 0.2) is 52.4 Å². The van der Waals surface area contributed by atoms with Gasteiger partial charge in [0.25, 0.3) is 5.56 Å². The molecule has 0 bridgehead atoms. The highest BCUT2D eigenvalue weighted by molar-refractivity contribution is 6.48. The number of aliphatic hydroxyl groups is 1. The molecule has 6 atom stereocenters. The number of nitrogen functional groups attached to an aromatic ring is 1. The third-order valence-corrected chi connectivity index (χ3v) is 9.25. The van der Waals surface area contributed by atoms with E-state index in [-0.39, 0.29) is 18.1 Å². The van der Waals surface area contributed by atoms with E-state index in [0.29, 0.717) is 16.6 Å². The summed E-state index contributed by atoms with van der Waals surface area (Å²) >= 11 is 0. The summed E-state index contributed by atoms with van der Waals surface area (Å²) in [6, 6.07) is 9.28. The maximum absolute atomic E-state index is 14.0. The van der Waals surface area contributed by atoms with Gasteiger partial charge in [0.1, 0.15) is 36.0 Å². The molecule has 0 saturated carbocycles. The Kier molecular flexibility index (Phi) is 10.2. The summed E-state index contributed by atoms with van der Waals surface area (Å²) in [4.78, 5) is 47.7. The molecule has 2 aliphatic rings. The Morgan fingerprint density at radius 3 is 2.55 bits per heavy atom. The molecular formula is C34H45N6O8Si. The van der Waals surface area contributed by atoms with Crippen LogP contribution in [-0.4, -0.2) is 72.1 Å². The van der Waals surface area contributed by atoms with Crippen LogP contribution < -0.4 is 21.9 Å². The number of esters is 1. The highest BCUT2D eigenvalue weighted by Crippen LogP contribution is 2.49. The van der Waals surface area contributed by atoms with Crippen LogP contribution in [0.4, 0.5) is 22.1 Å². The van der Waals surface area contributed by atoms with Gasteiger partial charge in [-0.25, -0.2) is 14.6 Å². The monoisotopic (exact) mass is 693 g/mol. The van der Waals surface area contributed by atoms with Crippen molar-refractivity contribution < 1.29 is 33.3 Å². The number of amides is 1. The summed E-state index contributed by atoms with van der Waals surface area (Å²) in [5.74, 6) is -0.580. The molecule has 4 heterocycles. The molecule has 0 spiro atoms. The fourth-order valence-corrected chi connectivity index (χ4v) is 7.11. The summed E-state index contributed by atoms with van der Waals surface area (Å²) in [7, 11) is -1.31. The number of ether oxygens (including phenoxy) is 3. The Labute approximate surface area is 286 Å². The van der Waals surface area contributed by atoms with Crippen molar-refractivity contribution in [3.63, 3.8) is 0 Å². The minimum Gasteiger partial charge on any atom is -0.455 e. The number of alkyl carbamates (subject to hydrolysis) is 1. The van der Waals surface area contributed by atoms with E-state index in [9.17, 15) is 19.5 Å². The van der Waals surface area contributed by atoms with Gasteiger partial charge in [-0.1, -0.05) is 65.0 Å². The first-order valence-corrected chi connectivity index (χ1v) is 18.6. The van der Waals surface area contributed by atoms with Crippen molar-refractivity contribution in [1.82, 2.24) is 14.9 Å². The number of carbonyl (C=O) groups excluding carboxylic acids is 2. The second kappa shape index (κ2) is 13.9. The molecule has 49 heavy (non-hydrogen) atoms. The number of anilines is 2. The first-order valence-electron chi connectivity index (χ1n) is 16.2. The lowest BCUT2D eigenvalue weighted by Gasteiger charge is -2.39. The molecule has 5 N–H and O–H groups in total. The molecule has 5 rings (SSSR count). The number of nitrogens with two attached hydrogens (primary N) is 1. The zero-order valence-electron chi connectivity index (χ0n) is 29.0.